The number of benzene rings is 2. The summed E-state index contributed by atoms with van der Waals surface area (Å²) in [6.45, 7) is 3.99. The van der Waals surface area contributed by atoms with Crippen LogP contribution in [0.15, 0.2) is 42.0 Å². The van der Waals surface area contributed by atoms with Gasteiger partial charge in [0.1, 0.15) is 11.5 Å². The Hall–Kier alpha value is -2.88. The summed E-state index contributed by atoms with van der Waals surface area (Å²) in [4.78, 5) is 0. The molecule has 0 aromatic heterocycles. The number of aromatic hydroxyl groups is 3. The van der Waals surface area contributed by atoms with Crippen LogP contribution in [-0.2, 0) is 6.42 Å². The average molecular weight is 326 g/mol. The molecule has 24 heavy (non-hydrogen) atoms. The number of hydrogen-bond donors (Lipinski definition) is 3. The standard InChI is InChI=1S/C20H22O4/c1-13(2)4-8-17-15(11-16(21)12-19(17)23)7-5-14-6-9-18(22)20(10-14)24-3/h4-7,9-12,21-23H,8H2,1-3H3/b7-5+. The first-order valence-corrected chi connectivity index (χ1v) is 7.64. The lowest BCUT2D eigenvalue weighted by molar-refractivity contribution is 0.373. The molecule has 0 aliphatic carbocycles. The van der Waals surface area contributed by atoms with E-state index in [1.54, 1.807) is 24.3 Å². The fourth-order valence-corrected chi connectivity index (χ4v) is 2.32. The highest BCUT2D eigenvalue weighted by atomic mass is 16.5. The largest absolute Gasteiger partial charge is 0.508 e. The van der Waals surface area contributed by atoms with Crippen molar-refractivity contribution in [2.24, 2.45) is 0 Å². The molecule has 0 amide bonds. The van der Waals surface area contributed by atoms with Gasteiger partial charge >= 0.3 is 0 Å². The third-order valence-electron chi connectivity index (χ3n) is 3.62. The number of phenols is 3. The minimum absolute atomic E-state index is 0.0105. The van der Waals surface area contributed by atoms with Gasteiger partial charge < -0.3 is 20.1 Å². The monoisotopic (exact) mass is 326 g/mol. The van der Waals surface area contributed by atoms with Crippen molar-refractivity contribution in [2.45, 2.75) is 20.3 Å². The summed E-state index contributed by atoms with van der Waals surface area (Å²) in [7, 11) is 1.49. The van der Waals surface area contributed by atoms with Crippen LogP contribution in [0.3, 0.4) is 0 Å². The number of ether oxygens (including phenoxy) is 1. The number of methoxy groups -OCH3 is 1. The van der Waals surface area contributed by atoms with Crippen LogP contribution in [-0.4, -0.2) is 22.4 Å². The van der Waals surface area contributed by atoms with Gasteiger partial charge in [0.05, 0.1) is 7.11 Å². The molecule has 0 atom stereocenters. The highest BCUT2D eigenvalue weighted by Gasteiger charge is 2.08. The molecule has 0 spiro atoms. The van der Waals surface area contributed by atoms with Crippen LogP contribution in [0.1, 0.15) is 30.5 Å². The van der Waals surface area contributed by atoms with Gasteiger partial charge in [-0.15, -0.1) is 0 Å². The van der Waals surface area contributed by atoms with E-state index in [2.05, 4.69) is 0 Å². The lowest BCUT2D eigenvalue weighted by Gasteiger charge is -2.09. The van der Waals surface area contributed by atoms with Gasteiger partial charge in [0.2, 0.25) is 0 Å². The number of allylic oxidation sites excluding steroid dienone is 2. The molecule has 2 rings (SSSR count). The van der Waals surface area contributed by atoms with E-state index in [1.165, 1.54) is 13.2 Å². The van der Waals surface area contributed by atoms with Gasteiger partial charge in [-0.3, -0.25) is 0 Å². The molecule has 0 aliphatic rings. The quantitative estimate of drug-likeness (QED) is 0.559. The Morgan fingerprint density at radius 1 is 1.00 bits per heavy atom. The van der Waals surface area contributed by atoms with E-state index in [0.717, 1.165) is 22.3 Å². The molecule has 2 aromatic carbocycles. The molecule has 0 heterocycles. The minimum Gasteiger partial charge on any atom is -0.508 e. The van der Waals surface area contributed by atoms with E-state index in [0.29, 0.717) is 12.2 Å². The summed E-state index contributed by atoms with van der Waals surface area (Å²) in [5.74, 6) is 0.543. The summed E-state index contributed by atoms with van der Waals surface area (Å²) in [6.07, 6.45) is 6.25. The van der Waals surface area contributed by atoms with E-state index >= 15 is 0 Å². The van der Waals surface area contributed by atoms with Crippen LogP contribution in [0, 0.1) is 0 Å². The highest BCUT2D eigenvalue weighted by molar-refractivity contribution is 5.74. The van der Waals surface area contributed by atoms with E-state index in [4.69, 9.17) is 4.74 Å². The first-order valence-electron chi connectivity index (χ1n) is 7.64. The number of hydrogen-bond acceptors (Lipinski definition) is 4. The zero-order valence-electron chi connectivity index (χ0n) is 14.1. The van der Waals surface area contributed by atoms with Crippen molar-refractivity contribution >= 4 is 12.2 Å². The van der Waals surface area contributed by atoms with Gasteiger partial charge in [-0.1, -0.05) is 29.9 Å². The fraction of sp³-hybridized carbons (Fsp3) is 0.200. The Balaban J connectivity index is 2.39. The van der Waals surface area contributed by atoms with Crippen molar-refractivity contribution in [3.63, 3.8) is 0 Å². The molecular weight excluding hydrogens is 304 g/mol. The van der Waals surface area contributed by atoms with Crippen molar-refractivity contribution < 1.29 is 20.1 Å². The summed E-state index contributed by atoms with van der Waals surface area (Å²) in [5.41, 5.74) is 3.47. The minimum atomic E-state index is 0.0105. The fourth-order valence-electron chi connectivity index (χ4n) is 2.32. The first kappa shape index (κ1) is 17.5. The molecule has 3 N–H and O–H groups in total. The Bertz CT molecular complexity index is 784. The van der Waals surface area contributed by atoms with Gasteiger partial charge in [-0.25, -0.2) is 0 Å². The maximum atomic E-state index is 10.1. The van der Waals surface area contributed by atoms with E-state index in [9.17, 15) is 15.3 Å². The Labute approximate surface area is 142 Å². The molecule has 0 bridgehead atoms. The van der Waals surface area contributed by atoms with Crippen molar-refractivity contribution in [3.8, 4) is 23.0 Å². The second-order valence-corrected chi connectivity index (χ2v) is 5.78. The van der Waals surface area contributed by atoms with Gasteiger partial charge in [-0.05, 0) is 49.6 Å². The maximum absolute atomic E-state index is 10.1. The van der Waals surface area contributed by atoms with Crippen molar-refractivity contribution in [1.82, 2.24) is 0 Å². The zero-order chi connectivity index (χ0) is 17.7. The lowest BCUT2D eigenvalue weighted by atomic mass is 10.0. The van der Waals surface area contributed by atoms with Crippen LogP contribution < -0.4 is 4.74 Å². The normalized spacial score (nSPS) is 10.8. The summed E-state index contributed by atoms with van der Waals surface area (Å²) in [6, 6.07) is 7.98. The molecule has 0 aliphatic heterocycles. The van der Waals surface area contributed by atoms with Crippen LogP contribution in [0.2, 0.25) is 0 Å². The van der Waals surface area contributed by atoms with Gasteiger partial charge in [0.15, 0.2) is 11.5 Å². The molecule has 4 nitrogen and oxygen atoms in total. The Kier molecular flexibility index (Phi) is 5.53. The number of rotatable bonds is 5. The lowest BCUT2D eigenvalue weighted by Crippen LogP contribution is -1.89. The molecule has 0 saturated heterocycles. The predicted molar refractivity (Wildman–Crippen MR) is 96.5 cm³/mol. The first-order chi connectivity index (χ1) is 11.4. The SMILES string of the molecule is COc1cc(/C=C/c2cc(O)cc(O)c2CC=C(C)C)ccc1O. The van der Waals surface area contributed by atoms with Crippen molar-refractivity contribution in [2.75, 3.05) is 7.11 Å². The van der Waals surface area contributed by atoms with E-state index in [-0.39, 0.29) is 17.2 Å². The van der Waals surface area contributed by atoms with Gasteiger partial charge in [0.25, 0.3) is 0 Å². The van der Waals surface area contributed by atoms with Crippen molar-refractivity contribution in [1.29, 1.82) is 0 Å². The summed E-state index contributed by atoms with van der Waals surface area (Å²) < 4.78 is 5.09. The summed E-state index contributed by atoms with van der Waals surface area (Å²) in [5, 5.41) is 29.5. The average Bonchev–Trinajstić information content (AvgIpc) is 2.52. The van der Waals surface area contributed by atoms with Crippen molar-refractivity contribution in [3.05, 3.63) is 58.7 Å². The molecule has 0 unspecified atom stereocenters. The molecule has 2 aromatic rings. The molecule has 0 saturated carbocycles. The molecule has 126 valence electrons. The molecule has 4 heteroatoms. The van der Waals surface area contributed by atoms with Crippen LogP contribution in [0.4, 0.5) is 0 Å². The topological polar surface area (TPSA) is 69.9 Å². The third kappa shape index (κ3) is 4.32. The van der Waals surface area contributed by atoms with Gasteiger partial charge in [-0.2, -0.15) is 0 Å². The zero-order valence-corrected chi connectivity index (χ0v) is 14.1. The molecule has 0 fully saturated rings. The predicted octanol–water partition coefficient (Wildman–Crippen LogP) is 4.49. The molecular formula is C20H22O4. The highest BCUT2D eigenvalue weighted by Crippen LogP contribution is 2.31. The Morgan fingerprint density at radius 2 is 1.75 bits per heavy atom. The molecule has 0 radical (unpaired) electrons. The number of phenolic OH excluding ortho intramolecular Hbond substituents is 3. The maximum Gasteiger partial charge on any atom is 0.161 e. The summed E-state index contributed by atoms with van der Waals surface area (Å²) >= 11 is 0. The van der Waals surface area contributed by atoms with Crippen LogP contribution in [0.25, 0.3) is 12.2 Å². The smallest absolute Gasteiger partial charge is 0.161 e. The second kappa shape index (κ2) is 7.59. The van der Waals surface area contributed by atoms with E-state index < -0.39 is 0 Å². The van der Waals surface area contributed by atoms with E-state index in [1.807, 2.05) is 32.1 Å². The third-order valence-corrected chi connectivity index (χ3v) is 3.62. The van der Waals surface area contributed by atoms with Crippen LogP contribution in [0.5, 0.6) is 23.0 Å². The Morgan fingerprint density at radius 3 is 2.42 bits per heavy atom. The van der Waals surface area contributed by atoms with Crippen LogP contribution >= 0.6 is 0 Å². The second-order valence-electron chi connectivity index (χ2n) is 5.78. The van der Waals surface area contributed by atoms with Gasteiger partial charge in [0, 0.05) is 11.6 Å².